The van der Waals surface area contributed by atoms with Gasteiger partial charge >= 0.3 is 0 Å². The standard InChI is InChI=1S/C20H31N3O/c1-17(18-9-4-2-5-10-18)21-20(24)16-23-14-8-11-19(23)15-22-12-6-3-7-13-22/h2,4-5,9-10,17,19H,3,6-8,11-16H2,1H3,(H,21,24)/t17-,19+/m1/s1. The van der Waals surface area contributed by atoms with Crippen LogP contribution in [0.15, 0.2) is 30.3 Å². The third kappa shape index (κ3) is 4.81. The molecule has 2 atom stereocenters. The molecule has 2 fully saturated rings. The fourth-order valence-corrected chi connectivity index (χ4v) is 4.05. The highest BCUT2D eigenvalue weighted by Gasteiger charge is 2.28. The van der Waals surface area contributed by atoms with Crippen molar-refractivity contribution in [3.63, 3.8) is 0 Å². The van der Waals surface area contributed by atoms with E-state index in [9.17, 15) is 4.79 Å². The van der Waals surface area contributed by atoms with Crippen LogP contribution in [0.4, 0.5) is 0 Å². The summed E-state index contributed by atoms with van der Waals surface area (Å²) < 4.78 is 0. The first-order chi connectivity index (χ1) is 11.7. The van der Waals surface area contributed by atoms with Crippen LogP contribution in [0.1, 0.15) is 50.6 Å². The van der Waals surface area contributed by atoms with E-state index in [0.717, 1.165) is 18.7 Å². The van der Waals surface area contributed by atoms with Gasteiger partial charge in [0.15, 0.2) is 0 Å². The maximum atomic E-state index is 12.5. The van der Waals surface area contributed by atoms with Gasteiger partial charge in [0.2, 0.25) is 5.91 Å². The Kier molecular flexibility index (Phi) is 6.27. The van der Waals surface area contributed by atoms with Crippen molar-refractivity contribution in [1.82, 2.24) is 15.1 Å². The smallest absolute Gasteiger partial charge is 0.234 e. The lowest BCUT2D eigenvalue weighted by molar-refractivity contribution is -0.123. The Balaban J connectivity index is 1.47. The highest BCUT2D eigenvalue weighted by Crippen LogP contribution is 2.20. The van der Waals surface area contributed by atoms with Crippen molar-refractivity contribution in [2.24, 2.45) is 0 Å². The predicted molar refractivity (Wildman–Crippen MR) is 97.9 cm³/mol. The van der Waals surface area contributed by atoms with Crippen LogP contribution in [0, 0.1) is 0 Å². The molecule has 2 aliphatic rings. The highest BCUT2D eigenvalue weighted by atomic mass is 16.2. The molecule has 1 aromatic carbocycles. The number of hydrogen-bond acceptors (Lipinski definition) is 3. The van der Waals surface area contributed by atoms with Gasteiger partial charge in [0.1, 0.15) is 0 Å². The molecule has 0 unspecified atom stereocenters. The van der Waals surface area contributed by atoms with Crippen molar-refractivity contribution in [3.05, 3.63) is 35.9 Å². The van der Waals surface area contributed by atoms with E-state index in [1.54, 1.807) is 0 Å². The maximum absolute atomic E-state index is 12.5. The molecule has 2 aliphatic heterocycles. The van der Waals surface area contributed by atoms with Gasteiger partial charge in [-0.3, -0.25) is 9.69 Å². The average molecular weight is 329 g/mol. The molecule has 0 bridgehead atoms. The molecule has 1 aromatic rings. The van der Waals surface area contributed by atoms with Gasteiger partial charge in [-0.2, -0.15) is 0 Å². The van der Waals surface area contributed by atoms with E-state index >= 15 is 0 Å². The summed E-state index contributed by atoms with van der Waals surface area (Å²) in [5.74, 6) is 0.150. The summed E-state index contributed by atoms with van der Waals surface area (Å²) in [4.78, 5) is 17.4. The number of likely N-dealkylation sites (tertiary alicyclic amines) is 2. The van der Waals surface area contributed by atoms with Crippen molar-refractivity contribution >= 4 is 5.91 Å². The Morgan fingerprint density at radius 2 is 1.88 bits per heavy atom. The van der Waals surface area contributed by atoms with E-state index in [1.807, 2.05) is 18.2 Å². The maximum Gasteiger partial charge on any atom is 0.234 e. The number of benzene rings is 1. The fourth-order valence-electron chi connectivity index (χ4n) is 4.05. The van der Waals surface area contributed by atoms with Crippen molar-refractivity contribution in [2.45, 2.75) is 51.1 Å². The summed E-state index contributed by atoms with van der Waals surface area (Å²) >= 11 is 0. The Hall–Kier alpha value is -1.39. The SMILES string of the molecule is C[C@@H](NC(=O)CN1CCC[C@H]1CN1CCCCC1)c1ccccc1. The van der Waals surface area contributed by atoms with Gasteiger partial charge in [0.05, 0.1) is 12.6 Å². The number of nitrogens with zero attached hydrogens (tertiary/aromatic N) is 2. The first-order valence-corrected chi connectivity index (χ1v) is 9.53. The monoisotopic (exact) mass is 329 g/mol. The van der Waals surface area contributed by atoms with Crippen LogP contribution < -0.4 is 5.32 Å². The molecule has 2 heterocycles. The zero-order chi connectivity index (χ0) is 16.8. The number of rotatable bonds is 6. The van der Waals surface area contributed by atoms with E-state index in [2.05, 4.69) is 34.2 Å². The zero-order valence-corrected chi connectivity index (χ0v) is 14.9. The summed E-state index contributed by atoms with van der Waals surface area (Å²) in [5, 5.41) is 3.15. The van der Waals surface area contributed by atoms with E-state index in [-0.39, 0.29) is 11.9 Å². The fraction of sp³-hybridized carbons (Fsp3) is 0.650. The van der Waals surface area contributed by atoms with Crippen molar-refractivity contribution in [3.8, 4) is 0 Å². The van der Waals surface area contributed by atoms with Crippen LogP contribution in [0.25, 0.3) is 0 Å². The average Bonchev–Trinajstić information content (AvgIpc) is 3.03. The number of hydrogen-bond donors (Lipinski definition) is 1. The minimum Gasteiger partial charge on any atom is -0.348 e. The number of amides is 1. The Bertz CT molecular complexity index is 513. The molecule has 4 nitrogen and oxygen atoms in total. The van der Waals surface area contributed by atoms with Gasteiger partial charge in [-0.15, -0.1) is 0 Å². The molecular formula is C20H31N3O. The molecule has 0 spiro atoms. The van der Waals surface area contributed by atoms with Gasteiger partial charge in [-0.1, -0.05) is 36.8 Å². The molecule has 0 radical (unpaired) electrons. The summed E-state index contributed by atoms with van der Waals surface area (Å²) in [5.41, 5.74) is 1.16. The van der Waals surface area contributed by atoms with E-state index < -0.39 is 0 Å². The van der Waals surface area contributed by atoms with Gasteiger partial charge in [-0.25, -0.2) is 0 Å². The summed E-state index contributed by atoms with van der Waals surface area (Å²) in [6.07, 6.45) is 6.51. The summed E-state index contributed by atoms with van der Waals surface area (Å²) in [7, 11) is 0. The van der Waals surface area contributed by atoms with Crippen LogP contribution >= 0.6 is 0 Å². The van der Waals surface area contributed by atoms with Crippen molar-refractivity contribution in [1.29, 1.82) is 0 Å². The van der Waals surface area contributed by atoms with Crippen molar-refractivity contribution < 1.29 is 4.79 Å². The lowest BCUT2D eigenvalue weighted by Crippen LogP contribution is -2.46. The number of carbonyl (C=O) groups is 1. The minimum atomic E-state index is 0.0712. The lowest BCUT2D eigenvalue weighted by atomic mass is 10.1. The molecule has 0 aromatic heterocycles. The Morgan fingerprint density at radius 3 is 2.62 bits per heavy atom. The summed E-state index contributed by atoms with van der Waals surface area (Å²) in [6, 6.07) is 10.8. The predicted octanol–water partition coefficient (Wildman–Crippen LogP) is 2.81. The zero-order valence-electron chi connectivity index (χ0n) is 14.9. The largest absolute Gasteiger partial charge is 0.348 e. The molecule has 0 aliphatic carbocycles. The molecule has 1 amide bonds. The second kappa shape index (κ2) is 8.63. The quantitative estimate of drug-likeness (QED) is 0.872. The van der Waals surface area contributed by atoms with E-state index in [0.29, 0.717) is 12.6 Å². The Labute approximate surface area is 146 Å². The number of piperidine rings is 1. The van der Waals surface area contributed by atoms with Crippen LogP contribution in [0.5, 0.6) is 0 Å². The highest BCUT2D eigenvalue weighted by molar-refractivity contribution is 5.78. The van der Waals surface area contributed by atoms with Crippen LogP contribution in [0.2, 0.25) is 0 Å². The molecular weight excluding hydrogens is 298 g/mol. The second-order valence-corrected chi connectivity index (χ2v) is 7.33. The third-order valence-corrected chi connectivity index (χ3v) is 5.44. The normalized spacial score (nSPS) is 24.0. The molecule has 24 heavy (non-hydrogen) atoms. The molecule has 0 saturated carbocycles. The van der Waals surface area contributed by atoms with Gasteiger partial charge in [-0.05, 0) is 57.8 Å². The topological polar surface area (TPSA) is 35.6 Å². The van der Waals surface area contributed by atoms with Gasteiger partial charge in [0.25, 0.3) is 0 Å². The third-order valence-electron chi connectivity index (χ3n) is 5.44. The first kappa shape index (κ1) is 17.4. The second-order valence-electron chi connectivity index (χ2n) is 7.33. The Morgan fingerprint density at radius 1 is 1.12 bits per heavy atom. The van der Waals surface area contributed by atoms with E-state index in [4.69, 9.17) is 0 Å². The summed E-state index contributed by atoms with van der Waals surface area (Å²) in [6.45, 7) is 7.27. The minimum absolute atomic E-state index is 0.0712. The van der Waals surface area contributed by atoms with Crippen LogP contribution in [-0.2, 0) is 4.79 Å². The number of nitrogens with one attached hydrogen (secondary N) is 1. The van der Waals surface area contributed by atoms with Crippen LogP contribution in [-0.4, -0.2) is 54.5 Å². The van der Waals surface area contributed by atoms with Crippen LogP contribution in [0.3, 0.4) is 0 Å². The molecule has 2 saturated heterocycles. The molecule has 3 rings (SSSR count). The van der Waals surface area contributed by atoms with E-state index in [1.165, 1.54) is 45.2 Å². The van der Waals surface area contributed by atoms with Crippen molar-refractivity contribution in [2.75, 3.05) is 32.7 Å². The molecule has 4 heteroatoms. The molecule has 132 valence electrons. The first-order valence-electron chi connectivity index (χ1n) is 9.53. The van der Waals surface area contributed by atoms with Gasteiger partial charge in [0, 0.05) is 12.6 Å². The number of carbonyl (C=O) groups excluding carboxylic acids is 1. The van der Waals surface area contributed by atoms with Gasteiger partial charge < -0.3 is 10.2 Å². The lowest BCUT2D eigenvalue weighted by Gasteiger charge is -2.32. The molecule has 1 N–H and O–H groups in total.